The Hall–Kier alpha value is -2.50. The topological polar surface area (TPSA) is 64.0 Å². The van der Waals surface area contributed by atoms with Crippen LogP contribution in [0.2, 0.25) is 0 Å². The van der Waals surface area contributed by atoms with E-state index in [1.165, 1.54) is 33.3 Å². The van der Waals surface area contributed by atoms with Crippen molar-refractivity contribution >= 4 is 28.5 Å². The molecule has 0 spiro atoms. The fourth-order valence-electron chi connectivity index (χ4n) is 5.17. The summed E-state index contributed by atoms with van der Waals surface area (Å²) >= 11 is 0. The van der Waals surface area contributed by atoms with Crippen LogP contribution in [-0.2, 0) is 0 Å². The van der Waals surface area contributed by atoms with Gasteiger partial charge in [-0.3, -0.25) is 4.99 Å². The summed E-state index contributed by atoms with van der Waals surface area (Å²) in [5.41, 5.74) is 7.86. The SMILES string of the molecule is C/C=C(\C=C(\C)C(C)=NC=NC)c1[nH]c2ccc(C3CCN(CC(C)(C)O)CC3)cc2c1C(C)C. The smallest absolute Gasteiger partial charge is 0.109 e. The molecule has 1 saturated heterocycles. The van der Waals surface area contributed by atoms with Crippen molar-refractivity contribution in [3.05, 3.63) is 52.7 Å². The minimum absolute atomic E-state index is 0.397. The minimum Gasteiger partial charge on any atom is -0.389 e. The first-order chi connectivity index (χ1) is 16.5. The Balaban J connectivity index is 1.93. The largest absolute Gasteiger partial charge is 0.389 e. The van der Waals surface area contributed by atoms with E-state index in [9.17, 15) is 5.11 Å². The highest BCUT2D eigenvalue weighted by atomic mass is 16.3. The summed E-state index contributed by atoms with van der Waals surface area (Å²) in [6.07, 6.45) is 8.27. The Morgan fingerprint density at radius 2 is 1.91 bits per heavy atom. The first-order valence-corrected chi connectivity index (χ1v) is 12.9. The molecule has 1 fully saturated rings. The molecule has 0 aliphatic carbocycles. The fraction of sp³-hybridized carbons (Fsp3) is 0.533. The Kier molecular flexibility index (Phi) is 8.89. The number of piperidine rings is 1. The third-order valence-corrected chi connectivity index (χ3v) is 7.02. The maximum absolute atomic E-state index is 10.2. The molecule has 2 N–H and O–H groups in total. The number of likely N-dealkylation sites (tertiary alicyclic amines) is 1. The summed E-state index contributed by atoms with van der Waals surface area (Å²) in [6.45, 7) is 17.4. The van der Waals surface area contributed by atoms with Crippen LogP contribution >= 0.6 is 0 Å². The average molecular weight is 477 g/mol. The molecule has 1 aromatic carbocycles. The van der Waals surface area contributed by atoms with Crippen LogP contribution in [0.1, 0.15) is 90.0 Å². The van der Waals surface area contributed by atoms with Crippen molar-refractivity contribution in [1.82, 2.24) is 9.88 Å². The second kappa shape index (κ2) is 11.5. The fourth-order valence-corrected chi connectivity index (χ4v) is 5.17. The summed E-state index contributed by atoms with van der Waals surface area (Å²) in [4.78, 5) is 14.5. The predicted octanol–water partition coefficient (Wildman–Crippen LogP) is 6.71. The second-order valence-electron chi connectivity index (χ2n) is 10.9. The molecule has 2 heterocycles. The van der Waals surface area contributed by atoms with Crippen LogP contribution in [0, 0.1) is 0 Å². The number of aromatic amines is 1. The first-order valence-electron chi connectivity index (χ1n) is 12.9. The number of nitrogens with one attached hydrogen (secondary N) is 1. The minimum atomic E-state index is -0.634. The molecule has 0 bridgehead atoms. The van der Waals surface area contributed by atoms with Gasteiger partial charge in [0.05, 0.1) is 5.60 Å². The summed E-state index contributed by atoms with van der Waals surface area (Å²) in [6, 6.07) is 6.99. The molecular weight excluding hydrogens is 432 g/mol. The number of allylic oxidation sites excluding steroid dienone is 4. The predicted molar refractivity (Wildman–Crippen MR) is 152 cm³/mol. The zero-order valence-corrected chi connectivity index (χ0v) is 22.9. The lowest BCUT2D eigenvalue weighted by Gasteiger charge is -2.35. The number of aliphatic hydroxyl groups is 1. The molecule has 0 radical (unpaired) electrons. The number of nitrogens with zero attached hydrogens (tertiary/aromatic N) is 3. The van der Waals surface area contributed by atoms with E-state index in [-0.39, 0.29) is 0 Å². The standard InChI is InChI=1S/C30H44N4O/c1-9-23(16-21(4)22(5)32-19-31-8)29-28(20(2)3)26-17-25(10-11-27(26)33-29)24-12-14-34(15-13-24)18-30(6,7)35/h9-11,16-17,19-20,24,33,35H,12-15,18H2,1-8H3/b21-16-,23-9+,31-19?,32-22?. The summed E-state index contributed by atoms with van der Waals surface area (Å²) in [7, 11) is 1.74. The Labute approximate surface area is 211 Å². The van der Waals surface area contributed by atoms with Gasteiger partial charge in [-0.15, -0.1) is 0 Å². The van der Waals surface area contributed by atoms with Crippen LogP contribution < -0.4 is 0 Å². The molecule has 0 amide bonds. The molecule has 5 heteroatoms. The van der Waals surface area contributed by atoms with E-state index in [4.69, 9.17) is 0 Å². The van der Waals surface area contributed by atoms with Gasteiger partial charge in [0.25, 0.3) is 0 Å². The molecule has 0 unspecified atom stereocenters. The van der Waals surface area contributed by atoms with Crippen molar-refractivity contribution in [1.29, 1.82) is 0 Å². The zero-order chi connectivity index (χ0) is 25.8. The van der Waals surface area contributed by atoms with Gasteiger partial charge in [-0.2, -0.15) is 0 Å². The van der Waals surface area contributed by atoms with Gasteiger partial charge in [0.15, 0.2) is 0 Å². The number of rotatable bonds is 8. The highest BCUT2D eigenvalue weighted by Crippen LogP contribution is 2.37. The third-order valence-electron chi connectivity index (χ3n) is 7.02. The van der Waals surface area contributed by atoms with Crippen molar-refractivity contribution in [2.24, 2.45) is 9.98 Å². The Bertz CT molecular complexity index is 1130. The number of fused-ring (bicyclic) bond motifs is 1. The molecule has 0 atom stereocenters. The van der Waals surface area contributed by atoms with Gasteiger partial charge >= 0.3 is 0 Å². The van der Waals surface area contributed by atoms with Crippen LogP contribution in [0.15, 0.2) is 45.9 Å². The number of hydrogen-bond donors (Lipinski definition) is 2. The highest BCUT2D eigenvalue weighted by Gasteiger charge is 2.25. The van der Waals surface area contributed by atoms with Crippen molar-refractivity contribution in [3.8, 4) is 0 Å². The quantitative estimate of drug-likeness (QED) is 0.253. The normalized spacial score (nSPS) is 17.9. The molecule has 5 nitrogen and oxygen atoms in total. The maximum atomic E-state index is 10.2. The number of hydrogen-bond acceptors (Lipinski definition) is 3. The van der Waals surface area contributed by atoms with Gasteiger partial charge in [-0.1, -0.05) is 26.0 Å². The van der Waals surface area contributed by atoms with Gasteiger partial charge in [0.2, 0.25) is 0 Å². The maximum Gasteiger partial charge on any atom is 0.109 e. The molecular formula is C30H44N4O. The number of H-pyrrole nitrogens is 1. The summed E-state index contributed by atoms with van der Waals surface area (Å²) in [5.74, 6) is 0.964. The molecule has 35 heavy (non-hydrogen) atoms. The van der Waals surface area contributed by atoms with Crippen LogP contribution in [0.4, 0.5) is 0 Å². The number of aromatic nitrogens is 1. The molecule has 1 aromatic heterocycles. The van der Waals surface area contributed by atoms with Crippen molar-refractivity contribution in [3.63, 3.8) is 0 Å². The molecule has 1 aliphatic rings. The van der Waals surface area contributed by atoms with Gasteiger partial charge in [-0.25, -0.2) is 4.99 Å². The Morgan fingerprint density at radius 1 is 1.23 bits per heavy atom. The Morgan fingerprint density at radius 3 is 2.49 bits per heavy atom. The molecule has 0 saturated carbocycles. The zero-order valence-electron chi connectivity index (χ0n) is 22.9. The monoisotopic (exact) mass is 476 g/mol. The lowest BCUT2D eigenvalue weighted by Crippen LogP contribution is -2.42. The van der Waals surface area contributed by atoms with Crippen molar-refractivity contribution in [2.75, 3.05) is 26.7 Å². The van der Waals surface area contributed by atoms with E-state index >= 15 is 0 Å². The lowest BCUT2D eigenvalue weighted by atomic mass is 9.87. The number of aliphatic imine (C=N–C) groups is 2. The van der Waals surface area contributed by atoms with Gasteiger partial charge in [-0.05, 0) is 113 Å². The average Bonchev–Trinajstić information content (AvgIpc) is 3.19. The number of benzene rings is 1. The van der Waals surface area contributed by atoms with Crippen LogP contribution in [-0.4, -0.2) is 59.3 Å². The summed E-state index contributed by atoms with van der Waals surface area (Å²) in [5, 5.41) is 11.5. The van der Waals surface area contributed by atoms with E-state index in [2.05, 4.69) is 77.9 Å². The van der Waals surface area contributed by atoms with E-state index in [0.29, 0.717) is 11.8 Å². The molecule has 1 aliphatic heterocycles. The van der Waals surface area contributed by atoms with Crippen molar-refractivity contribution < 1.29 is 5.11 Å². The summed E-state index contributed by atoms with van der Waals surface area (Å²) < 4.78 is 0. The lowest BCUT2D eigenvalue weighted by molar-refractivity contribution is 0.0282. The van der Waals surface area contributed by atoms with Crippen LogP contribution in [0.25, 0.3) is 16.5 Å². The van der Waals surface area contributed by atoms with E-state index in [1.807, 2.05) is 20.8 Å². The van der Waals surface area contributed by atoms with Gasteiger partial charge in [0, 0.05) is 35.9 Å². The van der Waals surface area contributed by atoms with Crippen molar-refractivity contribution in [2.45, 2.75) is 78.7 Å². The molecule has 3 rings (SSSR count). The van der Waals surface area contributed by atoms with Gasteiger partial charge < -0.3 is 15.0 Å². The first kappa shape index (κ1) is 27.1. The van der Waals surface area contributed by atoms with Gasteiger partial charge in [0.1, 0.15) is 6.34 Å². The molecule has 2 aromatic rings. The number of β-amino-alcohol motifs (C(OH)–C–C–N with tert-alkyl or cyclic N) is 1. The molecule has 190 valence electrons. The van der Waals surface area contributed by atoms with E-state index < -0.39 is 5.60 Å². The third kappa shape index (κ3) is 6.80. The van der Waals surface area contributed by atoms with Crippen LogP contribution in [0.3, 0.4) is 0 Å². The second-order valence-corrected chi connectivity index (χ2v) is 10.9. The van der Waals surface area contributed by atoms with E-state index in [0.717, 1.165) is 43.8 Å². The van der Waals surface area contributed by atoms with Crippen LogP contribution in [0.5, 0.6) is 0 Å². The highest BCUT2D eigenvalue weighted by molar-refractivity contribution is 6.04. The van der Waals surface area contributed by atoms with E-state index in [1.54, 1.807) is 13.4 Å².